The van der Waals surface area contributed by atoms with Gasteiger partial charge in [0.25, 0.3) is 0 Å². The smallest absolute Gasteiger partial charge is 0.399 e. The molecule has 15 aromatic carbocycles. The standard InChI is InChI=1S/C62H44N2.C30H30BNO2/c1-5-13-57(14-6-1)63(58-15-7-2-8-16-58)61-37-33-47(34-38-61)45-21-25-49(26-22-45)51-29-31-53-44-56-42-52(30-32-54(56)43-55(53)41-51)50-27-23-46(24-28-50)48-35-39-62(40-36-48)64(59-17-9-3-10-18-59)60-19-11-4-12-20-60;1-29(2)30(3,4)34-31(33-29)25-19-15-23(16-20-25)24-17-21-28(22-18-24)32(26-11-7-5-8-12-26)27-13-9-6-10-14-27/h1-44H;5-22H,1-4H3. The van der Waals surface area contributed by atoms with Gasteiger partial charge in [-0.15, -0.1) is 0 Å². The number of benzene rings is 15. The van der Waals surface area contributed by atoms with Gasteiger partial charge in [-0.05, 0) is 244 Å². The maximum Gasteiger partial charge on any atom is 0.494 e. The van der Waals surface area contributed by atoms with E-state index >= 15 is 0 Å². The molecule has 16 rings (SSSR count). The highest BCUT2D eigenvalue weighted by Gasteiger charge is 2.51. The number of hydrogen-bond donors (Lipinski definition) is 0. The van der Waals surface area contributed by atoms with Crippen molar-refractivity contribution in [3.05, 3.63) is 376 Å². The monoisotopic (exact) mass is 1260 g/mol. The van der Waals surface area contributed by atoms with E-state index in [0.717, 1.165) is 62.2 Å². The zero-order valence-corrected chi connectivity index (χ0v) is 55.5. The van der Waals surface area contributed by atoms with Crippen LogP contribution in [0.5, 0.6) is 0 Å². The number of rotatable bonds is 15. The van der Waals surface area contributed by atoms with E-state index in [0.29, 0.717) is 0 Å². The van der Waals surface area contributed by atoms with Crippen LogP contribution in [0.25, 0.3) is 77.2 Å². The van der Waals surface area contributed by atoms with Crippen LogP contribution in [0.4, 0.5) is 51.2 Å². The third-order valence-corrected chi connectivity index (χ3v) is 19.1. The van der Waals surface area contributed by atoms with Crippen molar-refractivity contribution in [2.24, 2.45) is 0 Å². The van der Waals surface area contributed by atoms with Gasteiger partial charge in [0.2, 0.25) is 0 Å². The van der Waals surface area contributed by atoms with Crippen LogP contribution in [0.1, 0.15) is 27.7 Å². The molecule has 98 heavy (non-hydrogen) atoms. The SMILES string of the molecule is CC1(C)OB(c2ccc(-c3ccc(N(c4ccccc4)c4ccccc4)cc3)cc2)OC1(C)C.c1ccc(N(c2ccccc2)c2ccc(-c3ccc(-c4ccc5cc6cc(-c7ccc(-c8ccc(N(c9ccccc9)c9ccccc9)cc8)cc7)ccc6cc5c4)cc3)cc2)cc1. The molecule has 6 heteroatoms. The lowest BCUT2D eigenvalue weighted by molar-refractivity contribution is 0.00578. The van der Waals surface area contributed by atoms with Crippen LogP contribution in [0, 0.1) is 0 Å². The third-order valence-electron chi connectivity index (χ3n) is 19.1. The Morgan fingerprint density at radius 2 is 0.388 bits per heavy atom. The Hall–Kier alpha value is -11.8. The Kier molecular flexibility index (Phi) is 17.5. The lowest BCUT2D eigenvalue weighted by Gasteiger charge is -2.32. The second-order valence-electron chi connectivity index (χ2n) is 26.0. The molecular weight excluding hydrogens is 1190 g/mol. The van der Waals surface area contributed by atoms with E-state index in [9.17, 15) is 0 Å². The second-order valence-corrected chi connectivity index (χ2v) is 26.0. The zero-order valence-electron chi connectivity index (χ0n) is 55.5. The first-order valence-electron chi connectivity index (χ1n) is 33.7. The van der Waals surface area contributed by atoms with E-state index in [1.807, 2.05) is 12.1 Å². The average molecular weight is 1260 g/mol. The normalized spacial score (nSPS) is 13.0. The van der Waals surface area contributed by atoms with Crippen molar-refractivity contribution in [3.63, 3.8) is 0 Å². The van der Waals surface area contributed by atoms with Crippen molar-refractivity contribution < 1.29 is 9.31 Å². The highest BCUT2D eigenvalue weighted by Crippen LogP contribution is 2.41. The molecule has 0 saturated carbocycles. The van der Waals surface area contributed by atoms with Crippen molar-refractivity contribution in [3.8, 4) is 55.6 Å². The quantitative estimate of drug-likeness (QED) is 0.0753. The molecule has 0 spiro atoms. The van der Waals surface area contributed by atoms with Gasteiger partial charge in [-0.1, -0.05) is 243 Å². The van der Waals surface area contributed by atoms with Gasteiger partial charge in [-0.25, -0.2) is 0 Å². The van der Waals surface area contributed by atoms with E-state index in [-0.39, 0.29) is 18.3 Å². The van der Waals surface area contributed by atoms with Gasteiger partial charge in [0, 0.05) is 51.2 Å². The van der Waals surface area contributed by atoms with Gasteiger partial charge in [-0.2, -0.15) is 0 Å². The Labute approximate surface area is 576 Å². The number of anilines is 9. The van der Waals surface area contributed by atoms with Crippen molar-refractivity contribution in [1.29, 1.82) is 0 Å². The number of fused-ring (bicyclic) bond motifs is 2. The zero-order chi connectivity index (χ0) is 66.4. The highest BCUT2D eigenvalue weighted by molar-refractivity contribution is 6.62. The summed E-state index contributed by atoms with van der Waals surface area (Å²) in [5.41, 5.74) is 22.5. The van der Waals surface area contributed by atoms with Crippen molar-refractivity contribution in [1.82, 2.24) is 0 Å². The second kappa shape index (κ2) is 27.5. The van der Waals surface area contributed by atoms with Crippen molar-refractivity contribution in [2.45, 2.75) is 38.9 Å². The maximum absolute atomic E-state index is 6.19. The maximum atomic E-state index is 6.19. The van der Waals surface area contributed by atoms with Gasteiger partial charge in [0.15, 0.2) is 0 Å². The fraction of sp³-hybridized carbons (Fsp3) is 0.0652. The molecular formula is C92H74BN3O2. The summed E-state index contributed by atoms with van der Waals surface area (Å²) in [5.74, 6) is 0. The van der Waals surface area contributed by atoms with Gasteiger partial charge < -0.3 is 24.0 Å². The van der Waals surface area contributed by atoms with Crippen LogP contribution in [-0.2, 0) is 9.31 Å². The summed E-state index contributed by atoms with van der Waals surface area (Å²) in [5, 5.41) is 4.96. The topological polar surface area (TPSA) is 28.2 Å². The lowest BCUT2D eigenvalue weighted by Crippen LogP contribution is -2.41. The number of hydrogen-bond acceptors (Lipinski definition) is 5. The molecule has 0 atom stereocenters. The number of nitrogens with zero attached hydrogens (tertiary/aromatic N) is 3. The molecule has 0 bridgehead atoms. The molecule has 1 saturated heterocycles. The third kappa shape index (κ3) is 13.3. The van der Waals surface area contributed by atoms with Crippen LogP contribution in [-0.4, -0.2) is 18.3 Å². The molecule has 0 aromatic heterocycles. The van der Waals surface area contributed by atoms with Crippen LogP contribution < -0.4 is 20.2 Å². The van der Waals surface area contributed by atoms with Crippen LogP contribution in [0.15, 0.2) is 376 Å². The van der Waals surface area contributed by atoms with Crippen molar-refractivity contribution >= 4 is 85.3 Å². The minimum Gasteiger partial charge on any atom is -0.399 e. The fourth-order valence-corrected chi connectivity index (χ4v) is 13.1. The summed E-state index contributed by atoms with van der Waals surface area (Å²) in [4.78, 5) is 6.85. The van der Waals surface area contributed by atoms with Gasteiger partial charge >= 0.3 is 7.12 Å². The van der Waals surface area contributed by atoms with Gasteiger partial charge in [-0.3, -0.25) is 0 Å². The predicted octanol–water partition coefficient (Wildman–Crippen LogP) is 24.7. The number of para-hydroxylation sites is 6. The molecule has 472 valence electrons. The largest absolute Gasteiger partial charge is 0.494 e. The minimum absolute atomic E-state index is 0.338. The predicted molar refractivity (Wildman–Crippen MR) is 415 cm³/mol. The molecule has 1 aliphatic heterocycles. The summed E-state index contributed by atoms with van der Waals surface area (Å²) in [6.45, 7) is 8.32. The molecule has 0 radical (unpaired) electrons. The molecule has 1 heterocycles. The first kappa shape index (κ1) is 62.3. The Bertz CT molecular complexity index is 4780. The Balaban J connectivity index is 0.000000194. The minimum atomic E-state index is -0.341. The van der Waals surface area contributed by atoms with E-state index in [4.69, 9.17) is 9.31 Å². The van der Waals surface area contributed by atoms with E-state index < -0.39 is 0 Å². The average Bonchev–Trinajstić information content (AvgIpc) is 1.18. The highest BCUT2D eigenvalue weighted by atomic mass is 16.7. The Morgan fingerprint density at radius 3 is 0.633 bits per heavy atom. The summed E-state index contributed by atoms with van der Waals surface area (Å²) in [7, 11) is -0.341. The molecule has 0 amide bonds. The van der Waals surface area contributed by atoms with Crippen LogP contribution in [0.2, 0.25) is 0 Å². The Morgan fingerprint density at radius 1 is 0.194 bits per heavy atom. The first-order valence-corrected chi connectivity index (χ1v) is 33.7. The van der Waals surface area contributed by atoms with E-state index in [1.165, 1.54) is 71.6 Å². The van der Waals surface area contributed by atoms with Crippen molar-refractivity contribution in [2.75, 3.05) is 14.7 Å². The summed E-state index contributed by atoms with van der Waals surface area (Å²) in [6.07, 6.45) is 0. The van der Waals surface area contributed by atoms with E-state index in [1.54, 1.807) is 0 Å². The molecule has 15 aromatic rings. The van der Waals surface area contributed by atoms with Gasteiger partial charge in [0.1, 0.15) is 0 Å². The molecule has 0 unspecified atom stereocenters. The summed E-state index contributed by atoms with van der Waals surface area (Å²) < 4.78 is 12.4. The molecule has 0 N–H and O–H groups in total. The molecule has 1 aliphatic rings. The van der Waals surface area contributed by atoms with Gasteiger partial charge in [0.05, 0.1) is 11.2 Å². The van der Waals surface area contributed by atoms with E-state index in [2.05, 4.69) is 406 Å². The fourth-order valence-electron chi connectivity index (χ4n) is 13.1. The molecule has 0 aliphatic carbocycles. The molecule has 1 fully saturated rings. The lowest BCUT2D eigenvalue weighted by atomic mass is 9.78. The first-order chi connectivity index (χ1) is 48.0. The summed E-state index contributed by atoms with van der Waals surface area (Å²) in [6, 6.07) is 134. The summed E-state index contributed by atoms with van der Waals surface area (Å²) >= 11 is 0. The van der Waals surface area contributed by atoms with Crippen LogP contribution in [0.3, 0.4) is 0 Å². The van der Waals surface area contributed by atoms with Crippen LogP contribution >= 0.6 is 0 Å². The molecule has 5 nitrogen and oxygen atoms in total.